The highest BCUT2D eigenvalue weighted by atomic mass is 16.2. The van der Waals surface area contributed by atoms with Crippen molar-refractivity contribution in [1.82, 2.24) is 15.2 Å². The van der Waals surface area contributed by atoms with Crippen molar-refractivity contribution in [3.63, 3.8) is 0 Å². The van der Waals surface area contributed by atoms with Crippen molar-refractivity contribution in [1.29, 1.82) is 0 Å². The number of amides is 4. The number of β-lactam (4-membered cyclic amide) rings is 1. The van der Waals surface area contributed by atoms with Crippen molar-refractivity contribution in [2.24, 2.45) is 5.92 Å². The Labute approximate surface area is 217 Å². The number of nitrogens with one attached hydrogen (secondary N) is 1. The van der Waals surface area contributed by atoms with Crippen LogP contribution in [-0.2, 0) is 16.0 Å². The molecule has 1 aliphatic rings. The number of benzene rings is 2. The second kappa shape index (κ2) is 10.8. The zero-order chi connectivity index (χ0) is 26.7. The van der Waals surface area contributed by atoms with Crippen LogP contribution in [0, 0.1) is 19.8 Å². The first-order valence-electron chi connectivity index (χ1n) is 12.4. The highest BCUT2D eigenvalue weighted by Gasteiger charge is 2.55. The minimum Gasteiger partial charge on any atom is -0.384 e. The molecule has 37 heavy (non-hydrogen) atoms. The van der Waals surface area contributed by atoms with Gasteiger partial charge in [-0.2, -0.15) is 0 Å². The van der Waals surface area contributed by atoms with Gasteiger partial charge < -0.3 is 16.0 Å². The Morgan fingerprint density at radius 2 is 1.78 bits per heavy atom. The normalized spacial score (nSPS) is 17.6. The minimum atomic E-state index is -0.942. The minimum absolute atomic E-state index is 0.280. The fourth-order valence-corrected chi connectivity index (χ4v) is 4.82. The van der Waals surface area contributed by atoms with E-state index in [-0.39, 0.29) is 24.3 Å². The molecule has 1 saturated heterocycles. The maximum Gasteiger partial charge on any atom is 0.325 e. The molecule has 1 aliphatic heterocycles. The number of nitrogens with two attached hydrogens (primary N) is 1. The molecule has 3 atom stereocenters. The Hall–Kier alpha value is -4.20. The Kier molecular flexibility index (Phi) is 7.57. The number of pyridine rings is 1. The molecule has 0 unspecified atom stereocenters. The van der Waals surface area contributed by atoms with Crippen molar-refractivity contribution in [3.05, 3.63) is 89.1 Å². The molecule has 2 heterocycles. The molecule has 192 valence electrons. The predicted octanol–water partition coefficient (Wildman–Crippen LogP) is 4.17. The largest absolute Gasteiger partial charge is 0.384 e. The summed E-state index contributed by atoms with van der Waals surface area (Å²) in [5.41, 5.74) is 10.3. The van der Waals surface area contributed by atoms with E-state index in [0.29, 0.717) is 17.9 Å². The van der Waals surface area contributed by atoms with Gasteiger partial charge in [0.1, 0.15) is 11.9 Å². The van der Waals surface area contributed by atoms with Crippen molar-refractivity contribution in [2.45, 2.75) is 45.7 Å². The lowest BCUT2D eigenvalue weighted by Crippen LogP contribution is -2.70. The lowest BCUT2D eigenvalue weighted by Gasteiger charge is -2.46. The number of rotatable bonds is 7. The van der Waals surface area contributed by atoms with E-state index >= 15 is 0 Å². The molecular formula is C29H33N5O3. The summed E-state index contributed by atoms with van der Waals surface area (Å²) in [4.78, 5) is 47.1. The van der Waals surface area contributed by atoms with E-state index in [2.05, 4.69) is 10.3 Å². The summed E-state index contributed by atoms with van der Waals surface area (Å²) >= 11 is 0. The number of carbonyl (C=O) groups is 3. The number of carbonyl (C=O) groups excluding carboxylic acids is 3. The lowest BCUT2D eigenvalue weighted by molar-refractivity contribution is -0.156. The van der Waals surface area contributed by atoms with Gasteiger partial charge in [-0.25, -0.2) is 9.78 Å². The van der Waals surface area contributed by atoms with Gasteiger partial charge in [-0.05, 0) is 67.6 Å². The molecule has 4 rings (SSSR count). The van der Waals surface area contributed by atoms with Gasteiger partial charge in [-0.15, -0.1) is 0 Å². The van der Waals surface area contributed by atoms with Crippen LogP contribution < -0.4 is 16.0 Å². The predicted molar refractivity (Wildman–Crippen MR) is 144 cm³/mol. The highest BCUT2D eigenvalue weighted by molar-refractivity contribution is 6.12. The van der Waals surface area contributed by atoms with E-state index in [1.54, 1.807) is 25.4 Å². The monoisotopic (exact) mass is 499 g/mol. The number of imide groups is 1. The van der Waals surface area contributed by atoms with Crippen LogP contribution in [0.15, 0.2) is 66.9 Å². The average Bonchev–Trinajstić information content (AvgIpc) is 2.87. The number of nitrogen functional groups attached to an aromatic ring is 1. The fraction of sp³-hybridized carbons (Fsp3) is 0.310. The molecule has 1 aromatic heterocycles. The van der Waals surface area contributed by atoms with Gasteiger partial charge in [0.2, 0.25) is 5.91 Å². The summed E-state index contributed by atoms with van der Waals surface area (Å²) < 4.78 is 0. The molecule has 0 saturated carbocycles. The van der Waals surface area contributed by atoms with Gasteiger partial charge in [0.15, 0.2) is 0 Å². The van der Waals surface area contributed by atoms with Crippen LogP contribution in [0.2, 0.25) is 0 Å². The summed E-state index contributed by atoms with van der Waals surface area (Å²) in [5, 5.41) is 2.97. The Balaban J connectivity index is 1.61. The number of hydrogen-bond donors (Lipinski definition) is 2. The van der Waals surface area contributed by atoms with E-state index < -0.39 is 18.0 Å². The van der Waals surface area contributed by atoms with E-state index in [9.17, 15) is 14.4 Å². The number of urea groups is 1. The van der Waals surface area contributed by atoms with Gasteiger partial charge in [0.25, 0.3) is 5.91 Å². The number of nitrogens with zero attached hydrogens (tertiary/aromatic N) is 3. The van der Waals surface area contributed by atoms with Gasteiger partial charge in [-0.3, -0.25) is 14.5 Å². The number of aryl methyl sites for hydroxylation is 2. The third kappa shape index (κ3) is 5.48. The van der Waals surface area contributed by atoms with Gasteiger partial charge in [0.05, 0.1) is 12.0 Å². The van der Waals surface area contributed by atoms with Crippen LogP contribution in [-0.4, -0.2) is 40.8 Å². The van der Waals surface area contributed by atoms with Crippen molar-refractivity contribution < 1.29 is 14.4 Å². The fourth-order valence-electron chi connectivity index (χ4n) is 4.82. The van der Waals surface area contributed by atoms with Crippen LogP contribution in [0.1, 0.15) is 41.6 Å². The number of likely N-dealkylation sites (tertiary alicyclic amines) is 1. The zero-order valence-corrected chi connectivity index (χ0v) is 21.6. The van der Waals surface area contributed by atoms with E-state index in [1.807, 2.05) is 69.3 Å². The molecule has 0 radical (unpaired) electrons. The Morgan fingerprint density at radius 3 is 2.43 bits per heavy atom. The summed E-state index contributed by atoms with van der Waals surface area (Å²) in [6, 6.07) is 17.1. The molecule has 1 fully saturated rings. The van der Waals surface area contributed by atoms with Crippen molar-refractivity contribution >= 4 is 29.4 Å². The van der Waals surface area contributed by atoms with Crippen LogP contribution in [0.3, 0.4) is 0 Å². The first-order valence-corrected chi connectivity index (χ1v) is 12.4. The van der Waals surface area contributed by atoms with Crippen molar-refractivity contribution in [2.75, 3.05) is 17.7 Å². The second-order valence-corrected chi connectivity index (χ2v) is 9.61. The van der Waals surface area contributed by atoms with E-state index in [0.717, 1.165) is 27.2 Å². The number of aromatic nitrogens is 1. The van der Waals surface area contributed by atoms with Gasteiger partial charge in [-0.1, -0.05) is 48.9 Å². The third-order valence-electron chi connectivity index (χ3n) is 6.86. The quantitative estimate of drug-likeness (QED) is 0.474. The highest BCUT2D eigenvalue weighted by Crippen LogP contribution is 2.33. The van der Waals surface area contributed by atoms with Crippen molar-refractivity contribution in [3.8, 4) is 0 Å². The topological polar surface area (TPSA) is 109 Å². The standard InChI is InChI=1S/C29H33N5O3/c1-5-24(21-10-6-8-18(2)14-21)32-29(37)34-26(28(36)33(4)22-11-7-9-19(3)15-22)23(27(34)35)16-20-12-13-31-25(30)17-20/h6-15,17,23-24,26H,5,16H2,1-4H3,(H2,30,31)(H,32,37)/t23-,24-,26+/m1/s1. The molecule has 0 aliphatic carbocycles. The maximum atomic E-state index is 13.7. The smallest absolute Gasteiger partial charge is 0.325 e. The first kappa shape index (κ1) is 25.9. The molecule has 2 aromatic carbocycles. The lowest BCUT2D eigenvalue weighted by atomic mass is 9.81. The molecular weight excluding hydrogens is 466 g/mol. The molecule has 0 bridgehead atoms. The third-order valence-corrected chi connectivity index (χ3v) is 6.86. The van der Waals surface area contributed by atoms with Crippen LogP contribution in [0.5, 0.6) is 0 Å². The molecule has 0 spiro atoms. The SMILES string of the molecule is CC[C@@H](NC(=O)N1C(=O)[C@H](Cc2ccnc(N)c2)[C@H]1C(=O)N(C)c1cccc(C)c1)c1cccc(C)c1. The number of anilines is 2. The Bertz CT molecular complexity index is 1320. The molecule has 4 amide bonds. The van der Waals surface area contributed by atoms with E-state index in [4.69, 9.17) is 5.73 Å². The summed E-state index contributed by atoms with van der Waals surface area (Å²) in [5.74, 6) is -1.06. The zero-order valence-electron chi connectivity index (χ0n) is 21.6. The summed E-state index contributed by atoms with van der Waals surface area (Å²) in [6.45, 7) is 5.90. The van der Waals surface area contributed by atoms with Crippen LogP contribution in [0.4, 0.5) is 16.3 Å². The molecule has 8 heteroatoms. The maximum absolute atomic E-state index is 13.7. The Morgan fingerprint density at radius 1 is 1.08 bits per heavy atom. The van der Waals surface area contributed by atoms with Gasteiger partial charge >= 0.3 is 6.03 Å². The molecule has 3 N–H and O–H groups in total. The summed E-state index contributed by atoms with van der Waals surface area (Å²) in [7, 11) is 1.67. The summed E-state index contributed by atoms with van der Waals surface area (Å²) in [6.07, 6.45) is 2.49. The van der Waals surface area contributed by atoms with Gasteiger partial charge in [0, 0.05) is 18.9 Å². The number of hydrogen-bond acceptors (Lipinski definition) is 5. The number of likely N-dealkylation sites (N-methyl/N-ethyl adjacent to an activating group) is 1. The van der Waals surface area contributed by atoms with Crippen LogP contribution >= 0.6 is 0 Å². The second-order valence-electron chi connectivity index (χ2n) is 9.61. The van der Waals surface area contributed by atoms with E-state index in [1.165, 1.54) is 4.90 Å². The molecule has 8 nitrogen and oxygen atoms in total. The first-order chi connectivity index (χ1) is 17.7. The average molecular weight is 500 g/mol. The van der Waals surface area contributed by atoms with Crippen LogP contribution in [0.25, 0.3) is 0 Å². The molecule has 3 aromatic rings.